The summed E-state index contributed by atoms with van der Waals surface area (Å²) < 4.78 is 27.2. The van der Waals surface area contributed by atoms with E-state index in [-0.39, 0.29) is 16.5 Å². The molecule has 0 aliphatic rings. The number of anilines is 1. The van der Waals surface area contributed by atoms with Crippen molar-refractivity contribution in [1.29, 1.82) is 0 Å². The minimum Gasteiger partial charge on any atom is -0.326 e. The Labute approximate surface area is 122 Å². The zero-order valence-corrected chi connectivity index (χ0v) is 12.4. The molecular weight excluding hydrogens is 298 g/mol. The van der Waals surface area contributed by atoms with Crippen molar-refractivity contribution >= 4 is 27.3 Å². The maximum atomic E-state index is 12.4. The summed E-state index contributed by atoms with van der Waals surface area (Å²) in [5.41, 5.74) is 7.22. The third kappa shape index (κ3) is 3.09. The number of hydrogen-bond acceptors (Lipinski definition) is 4. The van der Waals surface area contributed by atoms with Gasteiger partial charge in [0.05, 0.1) is 16.4 Å². The second-order valence-corrected chi connectivity index (χ2v) is 6.27. The summed E-state index contributed by atoms with van der Waals surface area (Å²) in [7, 11) is -3.78. The van der Waals surface area contributed by atoms with E-state index in [4.69, 9.17) is 17.3 Å². The molecule has 0 amide bonds. The van der Waals surface area contributed by atoms with E-state index < -0.39 is 10.0 Å². The maximum absolute atomic E-state index is 12.4. The van der Waals surface area contributed by atoms with Gasteiger partial charge in [-0.3, -0.25) is 9.71 Å². The lowest BCUT2D eigenvalue weighted by Gasteiger charge is -2.11. The molecule has 0 atom stereocenters. The van der Waals surface area contributed by atoms with Crippen molar-refractivity contribution in [2.24, 2.45) is 5.73 Å². The summed E-state index contributed by atoms with van der Waals surface area (Å²) in [4.78, 5) is 4.04. The summed E-state index contributed by atoms with van der Waals surface area (Å²) in [6, 6.07) is 7.98. The van der Waals surface area contributed by atoms with Gasteiger partial charge in [-0.25, -0.2) is 8.42 Å². The van der Waals surface area contributed by atoms with E-state index in [1.807, 2.05) is 0 Å². The van der Waals surface area contributed by atoms with Crippen molar-refractivity contribution in [1.82, 2.24) is 4.98 Å². The lowest BCUT2D eigenvalue weighted by molar-refractivity contribution is 0.601. The summed E-state index contributed by atoms with van der Waals surface area (Å²) >= 11 is 5.97. The Morgan fingerprint density at radius 3 is 2.75 bits per heavy atom. The molecule has 2 rings (SSSR count). The van der Waals surface area contributed by atoms with Crippen LogP contribution in [0.5, 0.6) is 0 Å². The van der Waals surface area contributed by atoms with Crippen LogP contribution in [0.4, 0.5) is 5.69 Å². The lowest BCUT2D eigenvalue weighted by atomic mass is 10.2. The minimum atomic E-state index is -3.78. The predicted octanol–water partition coefficient (Wildman–Crippen LogP) is 2.30. The average Bonchev–Trinajstić information content (AvgIpc) is 2.41. The molecule has 0 spiro atoms. The van der Waals surface area contributed by atoms with Crippen molar-refractivity contribution in [3.05, 3.63) is 52.8 Å². The highest BCUT2D eigenvalue weighted by Crippen LogP contribution is 2.25. The van der Waals surface area contributed by atoms with Crippen molar-refractivity contribution < 1.29 is 8.42 Å². The van der Waals surface area contributed by atoms with Gasteiger partial charge in [-0.15, -0.1) is 0 Å². The van der Waals surface area contributed by atoms with E-state index in [9.17, 15) is 8.42 Å². The number of nitrogens with two attached hydrogens (primary N) is 1. The number of nitrogens with zero attached hydrogens (tertiary/aromatic N) is 1. The first-order chi connectivity index (χ1) is 9.44. The highest BCUT2D eigenvalue weighted by atomic mass is 35.5. The molecule has 0 radical (unpaired) electrons. The highest BCUT2D eigenvalue weighted by Gasteiger charge is 2.19. The van der Waals surface area contributed by atoms with Crippen LogP contribution in [0.1, 0.15) is 11.3 Å². The van der Waals surface area contributed by atoms with Crippen molar-refractivity contribution in [2.45, 2.75) is 18.4 Å². The van der Waals surface area contributed by atoms with Gasteiger partial charge in [-0.1, -0.05) is 17.7 Å². The van der Waals surface area contributed by atoms with Crippen molar-refractivity contribution in [2.75, 3.05) is 4.72 Å². The Morgan fingerprint density at radius 2 is 2.10 bits per heavy atom. The Hall–Kier alpha value is -1.63. The first kappa shape index (κ1) is 14.8. The van der Waals surface area contributed by atoms with Gasteiger partial charge < -0.3 is 5.73 Å². The number of aromatic nitrogens is 1. The molecule has 1 aromatic carbocycles. The Bertz CT molecular complexity index is 732. The largest absolute Gasteiger partial charge is 0.326 e. The van der Waals surface area contributed by atoms with Crippen LogP contribution < -0.4 is 10.5 Å². The number of sulfonamides is 1. The molecule has 0 unspecified atom stereocenters. The molecule has 1 heterocycles. The summed E-state index contributed by atoms with van der Waals surface area (Å²) in [5, 5.41) is 0.149. The van der Waals surface area contributed by atoms with Gasteiger partial charge in [0.1, 0.15) is 4.90 Å². The van der Waals surface area contributed by atoms with E-state index >= 15 is 0 Å². The maximum Gasteiger partial charge on any atom is 0.263 e. The van der Waals surface area contributed by atoms with Crippen LogP contribution in [-0.4, -0.2) is 13.4 Å². The standard InChI is InChI=1S/C13H14ClN3O2S/c1-9-12(3-2-6-16-9)17-20(18,19)13-7-10(8-15)4-5-11(13)14/h2-7,17H,8,15H2,1H3. The number of nitrogens with one attached hydrogen (secondary N) is 1. The molecule has 0 aliphatic carbocycles. The number of aryl methyl sites for hydroxylation is 1. The van der Waals surface area contributed by atoms with Crippen molar-refractivity contribution in [3.63, 3.8) is 0 Å². The summed E-state index contributed by atoms with van der Waals surface area (Å²) in [6.45, 7) is 1.96. The Morgan fingerprint density at radius 1 is 1.35 bits per heavy atom. The van der Waals surface area contributed by atoms with Crippen LogP contribution >= 0.6 is 11.6 Å². The minimum absolute atomic E-state index is 0.00497. The normalized spacial score (nSPS) is 11.3. The fourth-order valence-corrected chi connectivity index (χ4v) is 3.34. The lowest BCUT2D eigenvalue weighted by Crippen LogP contribution is -2.15. The number of rotatable bonds is 4. The van der Waals surface area contributed by atoms with E-state index in [0.717, 1.165) is 0 Å². The molecule has 5 nitrogen and oxygen atoms in total. The molecule has 0 aliphatic heterocycles. The fourth-order valence-electron chi connectivity index (χ4n) is 1.67. The van der Waals surface area contributed by atoms with Crippen LogP contribution in [0.25, 0.3) is 0 Å². The Balaban J connectivity index is 2.43. The molecule has 3 N–H and O–H groups in total. The van der Waals surface area contributed by atoms with E-state index in [1.165, 1.54) is 12.1 Å². The fraction of sp³-hybridized carbons (Fsp3) is 0.154. The van der Waals surface area contributed by atoms with Crippen LogP contribution in [0.3, 0.4) is 0 Å². The van der Waals surface area contributed by atoms with Gasteiger partial charge in [0.15, 0.2) is 0 Å². The molecule has 7 heteroatoms. The molecule has 2 aromatic rings. The molecule has 0 saturated carbocycles. The zero-order valence-electron chi connectivity index (χ0n) is 10.8. The van der Waals surface area contributed by atoms with Gasteiger partial charge in [0, 0.05) is 12.7 Å². The van der Waals surface area contributed by atoms with Gasteiger partial charge in [0.25, 0.3) is 10.0 Å². The van der Waals surface area contributed by atoms with Crippen LogP contribution in [-0.2, 0) is 16.6 Å². The van der Waals surface area contributed by atoms with Crippen LogP contribution in [0, 0.1) is 6.92 Å². The summed E-state index contributed by atoms with van der Waals surface area (Å²) in [6.07, 6.45) is 1.59. The monoisotopic (exact) mass is 311 g/mol. The van der Waals surface area contributed by atoms with Crippen LogP contribution in [0.2, 0.25) is 5.02 Å². The molecular formula is C13H14ClN3O2S. The van der Waals surface area contributed by atoms with E-state index in [0.29, 0.717) is 16.9 Å². The molecule has 106 valence electrons. The van der Waals surface area contributed by atoms with Gasteiger partial charge in [0.2, 0.25) is 0 Å². The topological polar surface area (TPSA) is 85.1 Å². The smallest absolute Gasteiger partial charge is 0.263 e. The molecule has 1 aromatic heterocycles. The van der Waals surface area contributed by atoms with Crippen LogP contribution in [0.15, 0.2) is 41.4 Å². The molecule has 20 heavy (non-hydrogen) atoms. The number of halogens is 1. The average molecular weight is 312 g/mol. The van der Waals surface area contributed by atoms with Gasteiger partial charge >= 0.3 is 0 Å². The van der Waals surface area contributed by atoms with E-state index in [1.54, 1.807) is 31.3 Å². The summed E-state index contributed by atoms with van der Waals surface area (Å²) in [5.74, 6) is 0. The first-order valence-corrected chi connectivity index (χ1v) is 7.73. The Kier molecular flexibility index (Phi) is 4.27. The molecule has 0 fully saturated rings. The predicted molar refractivity (Wildman–Crippen MR) is 79.1 cm³/mol. The van der Waals surface area contributed by atoms with Gasteiger partial charge in [-0.05, 0) is 36.8 Å². The quantitative estimate of drug-likeness (QED) is 0.907. The third-order valence-corrected chi connectivity index (χ3v) is 4.62. The SMILES string of the molecule is Cc1ncccc1NS(=O)(=O)c1cc(CN)ccc1Cl. The number of pyridine rings is 1. The van der Waals surface area contributed by atoms with Crippen molar-refractivity contribution in [3.8, 4) is 0 Å². The van der Waals surface area contributed by atoms with E-state index in [2.05, 4.69) is 9.71 Å². The third-order valence-electron chi connectivity index (χ3n) is 2.77. The number of hydrogen-bond donors (Lipinski definition) is 2. The highest BCUT2D eigenvalue weighted by molar-refractivity contribution is 7.92. The molecule has 0 saturated heterocycles. The van der Waals surface area contributed by atoms with Gasteiger partial charge in [-0.2, -0.15) is 0 Å². The first-order valence-electron chi connectivity index (χ1n) is 5.87. The second kappa shape index (κ2) is 5.78. The number of benzene rings is 1. The second-order valence-electron chi connectivity index (χ2n) is 4.21. The zero-order chi connectivity index (χ0) is 14.8. The molecule has 0 bridgehead atoms.